The summed E-state index contributed by atoms with van der Waals surface area (Å²) in [5, 5.41) is 3.22. The first-order chi connectivity index (χ1) is 17.6. The molecule has 3 nitrogen and oxygen atoms in total. The number of fused-ring (bicyclic) bond motifs is 9. The third kappa shape index (κ3) is 3.42. The number of hydrogen-bond donors (Lipinski definition) is 0. The number of aromatic nitrogens is 2. The lowest BCUT2D eigenvalue weighted by atomic mass is 10.0. The Bertz CT molecular complexity index is 1700. The van der Waals surface area contributed by atoms with Crippen molar-refractivity contribution in [2.24, 2.45) is 0 Å². The molecule has 4 heteroatoms. The molecule has 36 heavy (non-hydrogen) atoms. The molecule has 0 amide bonds. The van der Waals surface area contributed by atoms with Crippen LogP contribution in [0.4, 0.5) is 0 Å². The van der Waals surface area contributed by atoms with E-state index in [1.165, 1.54) is 11.1 Å². The molecule has 172 valence electrons. The van der Waals surface area contributed by atoms with E-state index >= 15 is 0 Å². The van der Waals surface area contributed by atoms with Crippen molar-refractivity contribution in [3.63, 3.8) is 0 Å². The fourth-order valence-electron chi connectivity index (χ4n) is 4.87. The molecule has 0 atom stereocenters. The van der Waals surface area contributed by atoms with Crippen molar-refractivity contribution in [2.45, 2.75) is 13.8 Å². The smallest absolute Gasteiger partial charge is 0.137 e. The summed E-state index contributed by atoms with van der Waals surface area (Å²) >= 11 is 1.70. The minimum absolute atomic E-state index is 0.791. The van der Waals surface area contributed by atoms with Gasteiger partial charge in [0, 0.05) is 5.39 Å². The Hall–Kier alpha value is -4.28. The molecule has 2 aliphatic rings. The van der Waals surface area contributed by atoms with E-state index in [-0.39, 0.29) is 0 Å². The molecule has 0 spiro atoms. The molecular formula is C32H22N2OS. The second-order valence-corrected chi connectivity index (χ2v) is 10.2. The highest BCUT2D eigenvalue weighted by atomic mass is 32.1. The summed E-state index contributed by atoms with van der Waals surface area (Å²) in [5.41, 5.74) is 11.9. The lowest BCUT2D eigenvalue weighted by Gasteiger charge is -2.05. The molecule has 5 aromatic rings. The van der Waals surface area contributed by atoms with Gasteiger partial charge in [-0.25, -0.2) is 9.97 Å². The van der Waals surface area contributed by atoms with Crippen LogP contribution in [-0.4, -0.2) is 9.97 Å². The van der Waals surface area contributed by atoms with Crippen LogP contribution < -0.4 is 0 Å². The molecule has 0 N–H and O–H groups in total. The van der Waals surface area contributed by atoms with Gasteiger partial charge in [0.05, 0.1) is 38.6 Å². The summed E-state index contributed by atoms with van der Waals surface area (Å²) < 4.78 is 7.76. The lowest BCUT2D eigenvalue weighted by Crippen LogP contribution is -1.85. The van der Waals surface area contributed by atoms with E-state index in [2.05, 4.69) is 110 Å². The maximum atomic E-state index is 6.63. The quantitative estimate of drug-likeness (QED) is 0.247. The van der Waals surface area contributed by atoms with Crippen LogP contribution in [0.5, 0.6) is 0 Å². The Balaban J connectivity index is 1.67. The number of benzene rings is 2. The van der Waals surface area contributed by atoms with E-state index in [1.807, 2.05) is 0 Å². The summed E-state index contributed by atoms with van der Waals surface area (Å²) in [5.74, 6) is 0. The first-order valence-corrected chi connectivity index (χ1v) is 12.9. The van der Waals surface area contributed by atoms with Crippen LogP contribution >= 0.6 is 11.3 Å². The van der Waals surface area contributed by atoms with Gasteiger partial charge in [-0.3, -0.25) is 0 Å². The molecule has 0 saturated carbocycles. The van der Waals surface area contributed by atoms with Crippen LogP contribution in [0, 0.1) is 13.8 Å². The minimum atomic E-state index is 0.791. The van der Waals surface area contributed by atoms with E-state index < -0.39 is 0 Å². The Morgan fingerprint density at radius 1 is 0.556 bits per heavy atom. The van der Waals surface area contributed by atoms with Crippen molar-refractivity contribution in [3.05, 3.63) is 106 Å². The van der Waals surface area contributed by atoms with Crippen LogP contribution in [0.2, 0.25) is 0 Å². The molecule has 6 bridgehead atoms. The van der Waals surface area contributed by atoms with Gasteiger partial charge in [-0.1, -0.05) is 59.7 Å². The summed E-state index contributed by atoms with van der Waals surface area (Å²) in [6.07, 6.45) is 8.38. The molecule has 3 aromatic heterocycles. The standard InChI is InChI=1S/C32H22N2OS/c1-19-3-7-21(8-4-19)30-25-12-11-24(33-25)23-17-18-36-32(23)27-14-13-26(34-27)31(29-16-15-28(30)35-29)22-9-5-20(2)6-10-22/h3-18H,1-2H3. The fraction of sp³-hybridized carbons (Fsp3) is 0.0625. The van der Waals surface area contributed by atoms with Gasteiger partial charge >= 0.3 is 0 Å². The van der Waals surface area contributed by atoms with Gasteiger partial charge < -0.3 is 4.42 Å². The van der Waals surface area contributed by atoms with Crippen molar-refractivity contribution in [2.75, 3.05) is 0 Å². The van der Waals surface area contributed by atoms with Gasteiger partial charge in [0.15, 0.2) is 0 Å². The lowest BCUT2D eigenvalue weighted by molar-refractivity contribution is 0.667. The Kier molecular flexibility index (Phi) is 4.76. The van der Waals surface area contributed by atoms with Crippen molar-refractivity contribution in [1.29, 1.82) is 0 Å². The van der Waals surface area contributed by atoms with Gasteiger partial charge in [-0.15, -0.1) is 11.3 Å². The third-order valence-corrected chi connectivity index (χ3v) is 7.68. The molecule has 7 rings (SSSR count). The highest BCUT2D eigenvalue weighted by Gasteiger charge is 2.18. The van der Waals surface area contributed by atoms with Crippen LogP contribution in [-0.2, 0) is 0 Å². The molecule has 0 unspecified atom stereocenters. The number of aryl methyl sites for hydroxylation is 2. The van der Waals surface area contributed by atoms with Crippen LogP contribution in [0.15, 0.2) is 76.5 Å². The molecule has 0 aliphatic carbocycles. The van der Waals surface area contributed by atoms with Gasteiger partial charge in [0.25, 0.3) is 0 Å². The van der Waals surface area contributed by atoms with Gasteiger partial charge in [-0.2, -0.15) is 0 Å². The van der Waals surface area contributed by atoms with E-state index in [9.17, 15) is 0 Å². The average molecular weight is 483 g/mol. The van der Waals surface area contributed by atoms with Crippen molar-refractivity contribution >= 4 is 56.9 Å². The minimum Gasteiger partial charge on any atom is -0.456 e. The number of hydrogen-bond acceptors (Lipinski definition) is 4. The molecule has 5 heterocycles. The van der Waals surface area contributed by atoms with Crippen LogP contribution in [0.3, 0.4) is 0 Å². The maximum absolute atomic E-state index is 6.63. The first kappa shape index (κ1) is 21.0. The maximum Gasteiger partial charge on any atom is 0.137 e. The van der Waals surface area contributed by atoms with Crippen LogP contribution in [0.1, 0.15) is 33.9 Å². The van der Waals surface area contributed by atoms with Crippen LogP contribution in [0.25, 0.3) is 67.8 Å². The summed E-state index contributed by atoms with van der Waals surface area (Å²) in [7, 11) is 0. The zero-order valence-electron chi connectivity index (χ0n) is 19.9. The molecule has 2 aliphatic heterocycles. The predicted molar refractivity (Wildman–Crippen MR) is 152 cm³/mol. The van der Waals surface area contributed by atoms with Gasteiger partial charge in [0.2, 0.25) is 0 Å². The zero-order chi connectivity index (χ0) is 24.2. The summed E-state index contributed by atoms with van der Waals surface area (Å²) in [6.45, 7) is 4.20. The second kappa shape index (κ2) is 8.14. The van der Waals surface area contributed by atoms with E-state index in [1.54, 1.807) is 11.3 Å². The van der Waals surface area contributed by atoms with Gasteiger partial charge in [0.1, 0.15) is 11.2 Å². The third-order valence-electron chi connectivity index (χ3n) is 6.75. The normalized spacial score (nSPS) is 12.5. The topological polar surface area (TPSA) is 38.9 Å². The van der Waals surface area contributed by atoms with Gasteiger partial charge in [-0.05, 0) is 72.9 Å². The van der Waals surface area contributed by atoms with Crippen molar-refractivity contribution in [3.8, 4) is 22.3 Å². The van der Waals surface area contributed by atoms with Crippen molar-refractivity contribution < 1.29 is 4.42 Å². The van der Waals surface area contributed by atoms with E-state index in [0.717, 1.165) is 66.3 Å². The van der Waals surface area contributed by atoms with E-state index in [4.69, 9.17) is 14.4 Å². The molecule has 2 aromatic carbocycles. The SMILES string of the molecule is Cc1ccc(-c2c3nc(c4ccsc4c4nc(c(-c5ccc(C)cc5)c5ccc2o5)C=C4)C=C3)cc1. The number of nitrogens with zero attached hydrogens (tertiary/aromatic N) is 2. The van der Waals surface area contributed by atoms with E-state index in [0.29, 0.717) is 0 Å². The van der Waals surface area contributed by atoms with Crippen molar-refractivity contribution in [1.82, 2.24) is 9.97 Å². The average Bonchev–Trinajstić information content (AvgIpc) is 3.69. The zero-order valence-corrected chi connectivity index (χ0v) is 20.8. The number of thiophene rings is 1. The monoisotopic (exact) mass is 482 g/mol. The molecular weight excluding hydrogens is 460 g/mol. The Morgan fingerprint density at radius 2 is 1.06 bits per heavy atom. The highest BCUT2D eigenvalue weighted by Crippen LogP contribution is 2.38. The molecule has 0 saturated heterocycles. The number of furan rings is 1. The molecule has 0 radical (unpaired) electrons. The largest absolute Gasteiger partial charge is 0.456 e. The molecule has 0 fully saturated rings. The fourth-order valence-corrected chi connectivity index (χ4v) is 5.74. The highest BCUT2D eigenvalue weighted by molar-refractivity contribution is 7.17. The number of rotatable bonds is 2. The Labute approximate surface area is 213 Å². The second-order valence-electron chi connectivity index (χ2n) is 9.24. The summed E-state index contributed by atoms with van der Waals surface area (Å²) in [4.78, 5) is 10.2. The first-order valence-electron chi connectivity index (χ1n) is 12.0. The summed E-state index contributed by atoms with van der Waals surface area (Å²) in [6, 6.07) is 23.4. The Morgan fingerprint density at radius 3 is 1.64 bits per heavy atom. The predicted octanol–water partition coefficient (Wildman–Crippen LogP) is 9.04.